The summed E-state index contributed by atoms with van der Waals surface area (Å²) in [5.74, 6) is 0. The van der Waals surface area contributed by atoms with Gasteiger partial charge in [-0.3, -0.25) is 15.0 Å². The van der Waals surface area contributed by atoms with E-state index >= 15 is 0 Å². The van der Waals surface area contributed by atoms with Crippen molar-refractivity contribution in [3.63, 3.8) is 0 Å². The van der Waals surface area contributed by atoms with Gasteiger partial charge in [-0.25, -0.2) is 0 Å². The lowest BCUT2D eigenvalue weighted by molar-refractivity contribution is 1.42. The Kier molecular flexibility index (Phi) is 4.57. The molecule has 3 aromatic heterocycles. The Bertz CT molecular complexity index is 1480. The molecular formula is C27H18N3PS. The van der Waals surface area contributed by atoms with Crippen molar-refractivity contribution in [2.75, 3.05) is 0 Å². The highest BCUT2D eigenvalue weighted by molar-refractivity contribution is 8.25. The van der Waals surface area contributed by atoms with E-state index in [1.807, 2.05) is 73.2 Å². The number of benzene rings is 3. The molecule has 0 bridgehead atoms. The van der Waals surface area contributed by atoms with Gasteiger partial charge in [-0.05, 0) is 36.4 Å². The van der Waals surface area contributed by atoms with Crippen LogP contribution in [0.4, 0.5) is 0 Å². The number of aromatic nitrogens is 3. The molecule has 0 unspecified atom stereocenters. The van der Waals surface area contributed by atoms with Gasteiger partial charge in [-0.1, -0.05) is 66.4 Å². The number of para-hydroxylation sites is 3. The lowest BCUT2D eigenvalue weighted by Crippen LogP contribution is -2.26. The van der Waals surface area contributed by atoms with Gasteiger partial charge in [0.2, 0.25) is 0 Å². The monoisotopic (exact) mass is 447 g/mol. The molecule has 0 aliphatic rings. The Labute approximate surface area is 190 Å². The average molecular weight is 448 g/mol. The smallest absolute Gasteiger partial charge is 0.0702 e. The number of pyridine rings is 3. The SMILES string of the molecule is S=P(c1cnc2ccccc2c1)(c1cnc2ccccc2c1)c1cnc2ccccc2c1. The lowest BCUT2D eigenvalue weighted by atomic mass is 10.2. The number of hydrogen-bond acceptors (Lipinski definition) is 4. The van der Waals surface area contributed by atoms with Crippen LogP contribution in [0.2, 0.25) is 0 Å². The van der Waals surface area contributed by atoms with Crippen molar-refractivity contribution in [1.29, 1.82) is 0 Å². The molecule has 32 heavy (non-hydrogen) atoms. The van der Waals surface area contributed by atoms with Crippen molar-refractivity contribution in [1.82, 2.24) is 15.0 Å². The summed E-state index contributed by atoms with van der Waals surface area (Å²) in [6.45, 7) is 0. The van der Waals surface area contributed by atoms with Crippen molar-refractivity contribution in [3.8, 4) is 0 Å². The van der Waals surface area contributed by atoms with Crippen LogP contribution in [-0.4, -0.2) is 15.0 Å². The Morgan fingerprint density at radius 3 is 1.12 bits per heavy atom. The van der Waals surface area contributed by atoms with E-state index in [4.69, 9.17) is 26.8 Å². The van der Waals surface area contributed by atoms with Crippen LogP contribution in [0.1, 0.15) is 0 Å². The summed E-state index contributed by atoms with van der Waals surface area (Å²) in [6, 6.07) is 28.6. The van der Waals surface area contributed by atoms with E-state index in [2.05, 4.69) is 36.4 Å². The predicted molar refractivity (Wildman–Crippen MR) is 138 cm³/mol. The van der Waals surface area contributed by atoms with E-state index in [-0.39, 0.29) is 0 Å². The van der Waals surface area contributed by atoms with Crippen LogP contribution in [0.25, 0.3) is 32.7 Å². The minimum Gasteiger partial charge on any atom is -0.256 e. The molecule has 5 heteroatoms. The third-order valence-electron chi connectivity index (χ3n) is 5.82. The zero-order chi connectivity index (χ0) is 21.5. The molecule has 0 saturated heterocycles. The van der Waals surface area contributed by atoms with Gasteiger partial charge in [-0.2, -0.15) is 0 Å². The van der Waals surface area contributed by atoms with Gasteiger partial charge in [0, 0.05) is 56.7 Å². The maximum absolute atomic E-state index is 6.58. The largest absolute Gasteiger partial charge is 0.256 e. The third-order valence-corrected chi connectivity index (χ3v) is 10.6. The maximum atomic E-state index is 6.58. The highest BCUT2D eigenvalue weighted by atomic mass is 32.4. The van der Waals surface area contributed by atoms with Gasteiger partial charge in [-0.15, -0.1) is 0 Å². The third kappa shape index (κ3) is 3.12. The van der Waals surface area contributed by atoms with Gasteiger partial charge in [0.25, 0.3) is 0 Å². The first-order valence-corrected chi connectivity index (χ1v) is 13.2. The zero-order valence-corrected chi connectivity index (χ0v) is 18.8. The summed E-state index contributed by atoms with van der Waals surface area (Å²) in [5, 5.41) is 6.38. The molecule has 0 atom stereocenters. The molecule has 0 amide bonds. The van der Waals surface area contributed by atoms with Crippen LogP contribution in [0.3, 0.4) is 0 Å². The Morgan fingerprint density at radius 2 is 0.781 bits per heavy atom. The fourth-order valence-corrected chi connectivity index (χ4v) is 7.56. The summed E-state index contributed by atoms with van der Waals surface area (Å²) >= 11 is 6.58. The minimum atomic E-state index is -2.44. The molecule has 0 spiro atoms. The highest BCUT2D eigenvalue weighted by Crippen LogP contribution is 2.43. The van der Waals surface area contributed by atoms with Crippen LogP contribution in [0, 0.1) is 0 Å². The van der Waals surface area contributed by atoms with Crippen LogP contribution >= 0.6 is 6.04 Å². The first-order valence-electron chi connectivity index (χ1n) is 10.4. The first kappa shape index (κ1) is 19.2. The summed E-state index contributed by atoms with van der Waals surface area (Å²) in [6.07, 6.45) is 5.81. The second-order valence-electron chi connectivity index (χ2n) is 7.77. The molecule has 3 aromatic carbocycles. The quantitative estimate of drug-likeness (QED) is 0.355. The fraction of sp³-hybridized carbons (Fsp3) is 0. The van der Waals surface area contributed by atoms with Crippen molar-refractivity contribution in [3.05, 3.63) is 110 Å². The molecule has 0 saturated carbocycles. The number of hydrogen-bond donors (Lipinski definition) is 0. The second-order valence-corrected chi connectivity index (χ2v) is 12.2. The van der Waals surface area contributed by atoms with E-state index in [9.17, 15) is 0 Å². The van der Waals surface area contributed by atoms with Crippen molar-refractivity contribution >= 4 is 66.5 Å². The van der Waals surface area contributed by atoms with Crippen LogP contribution in [0.5, 0.6) is 0 Å². The number of rotatable bonds is 3. The summed E-state index contributed by atoms with van der Waals surface area (Å²) in [5.41, 5.74) is 2.89. The normalized spacial score (nSPS) is 11.9. The molecule has 0 fully saturated rings. The van der Waals surface area contributed by atoms with E-state index in [1.54, 1.807) is 0 Å². The molecule has 6 aromatic rings. The topological polar surface area (TPSA) is 38.7 Å². The van der Waals surface area contributed by atoms with Crippen molar-refractivity contribution in [2.45, 2.75) is 0 Å². The number of nitrogens with zero attached hydrogens (tertiary/aromatic N) is 3. The van der Waals surface area contributed by atoms with E-state index in [1.165, 1.54) is 0 Å². The lowest BCUT2D eigenvalue weighted by Gasteiger charge is -2.24. The summed E-state index contributed by atoms with van der Waals surface area (Å²) < 4.78 is 0. The van der Waals surface area contributed by atoms with Crippen molar-refractivity contribution < 1.29 is 0 Å². The molecule has 152 valence electrons. The summed E-state index contributed by atoms with van der Waals surface area (Å²) in [7, 11) is 0. The maximum Gasteiger partial charge on any atom is 0.0702 e. The Hall–Kier alpha value is -3.46. The predicted octanol–water partition coefficient (Wildman–Crippen LogP) is 5.09. The zero-order valence-electron chi connectivity index (χ0n) is 17.1. The van der Waals surface area contributed by atoms with Gasteiger partial charge in [0.15, 0.2) is 0 Å². The second kappa shape index (κ2) is 7.59. The van der Waals surface area contributed by atoms with Crippen LogP contribution in [-0.2, 0) is 11.8 Å². The van der Waals surface area contributed by atoms with E-state index < -0.39 is 6.04 Å². The van der Waals surface area contributed by atoms with E-state index in [0.717, 1.165) is 48.6 Å². The molecule has 0 aliphatic heterocycles. The molecular weight excluding hydrogens is 429 g/mol. The average Bonchev–Trinajstić information content (AvgIpc) is 2.87. The molecule has 3 nitrogen and oxygen atoms in total. The van der Waals surface area contributed by atoms with Gasteiger partial charge in [0.1, 0.15) is 0 Å². The van der Waals surface area contributed by atoms with Crippen LogP contribution in [0.15, 0.2) is 110 Å². The molecule has 0 radical (unpaired) electrons. The highest BCUT2D eigenvalue weighted by Gasteiger charge is 2.27. The fourth-order valence-electron chi connectivity index (χ4n) is 4.14. The van der Waals surface area contributed by atoms with Crippen LogP contribution < -0.4 is 15.9 Å². The summed E-state index contributed by atoms with van der Waals surface area (Å²) in [4.78, 5) is 14.2. The van der Waals surface area contributed by atoms with Crippen molar-refractivity contribution in [2.24, 2.45) is 0 Å². The first-order chi connectivity index (χ1) is 15.7. The van der Waals surface area contributed by atoms with Gasteiger partial charge < -0.3 is 0 Å². The van der Waals surface area contributed by atoms with E-state index in [0.29, 0.717) is 0 Å². The Morgan fingerprint density at radius 1 is 0.469 bits per heavy atom. The molecule has 6 rings (SSSR count). The Balaban J connectivity index is 1.66. The van der Waals surface area contributed by atoms with Gasteiger partial charge in [0.05, 0.1) is 16.6 Å². The van der Waals surface area contributed by atoms with Gasteiger partial charge >= 0.3 is 0 Å². The number of fused-ring (bicyclic) bond motifs is 3. The molecule has 0 N–H and O–H groups in total. The standard InChI is InChI=1S/C27H18N3PS/c32-31(22-13-19-7-1-4-10-25(19)28-16-22,23-14-20-8-2-5-11-26(20)29-17-23)24-15-21-9-3-6-12-27(21)30-18-24/h1-18H. The molecule has 0 aliphatic carbocycles. The molecule has 3 heterocycles. The minimum absolute atomic E-state index is 0.964.